The van der Waals surface area contributed by atoms with E-state index in [1.165, 1.54) is 6.92 Å². The predicted octanol–water partition coefficient (Wildman–Crippen LogP) is 2.30. The van der Waals surface area contributed by atoms with Gasteiger partial charge in [-0.05, 0) is 83.9 Å². The van der Waals surface area contributed by atoms with Crippen molar-refractivity contribution in [3.8, 4) is 0 Å². The van der Waals surface area contributed by atoms with Gasteiger partial charge in [0, 0.05) is 24.9 Å². The fraction of sp³-hybridized carbons (Fsp3) is 0.921. The number of carbonyl (C=O) groups is 1. The third kappa shape index (κ3) is 5.18. The number of aliphatic hydroxyl groups excluding tert-OH is 7. The first-order valence-corrected chi connectivity index (χ1v) is 18.6. The molecule has 1 heterocycles. The van der Waals surface area contributed by atoms with Crippen molar-refractivity contribution in [1.29, 1.82) is 0 Å². The van der Waals surface area contributed by atoms with Crippen molar-refractivity contribution >= 4 is 5.97 Å². The minimum Gasteiger partial charge on any atom is -0.460 e. The van der Waals surface area contributed by atoms with Gasteiger partial charge in [-0.2, -0.15) is 0 Å². The first kappa shape index (κ1) is 37.6. The van der Waals surface area contributed by atoms with Crippen LogP contribution in [0.4, 0.5) is 0 Å². The topological polar surface area (TPSA) is 186 Å². The third-order valence-corrected chi connectivity index (χ3v) is 15.5. The second kappa shape index (κ2) is 12.5. The van der Waals surface area contributed by atoms with E-state index in [9.17, 15) is 40.5 Å². The quantitative estimate of drug-likeness (QED) is 0.123. The SMILES string of the molecule is CC(=O)OC1CC2(C)C3=CCC4(C)C5C(O)CC(C(C)C)C5(CO)CCC4(C)C3C(O)CC2C(C)(C)C1OC1OC(CO)C(O)C(O)C1O. The molecule has 5 fully saturated rings. The van der Waals surface area contributed by atoms with Gasteiger partial charge in [-0.15, -0.1) is 0 Å². The van der Waals surface area contributed by atoms with E-state index in [0.717, 1.165) is 18.4 Å². The zero-order chi connectivity index (χ0) is 36.2. The number of carbonyl (C=O) groups excluding carboxylic acids is 1. The van der Waals surface area contributed by atoms with Crippen molar-refractivity contribution in [1.82, 2.24) is 0 Å². The Kier molecular flexibility index (Phi) is 9.57. The Morgan fingerprint density at radius 3 is 2.20 bits per heavy atom. The molecule has 0 spiro atoms. The highest BCUT2D eigenvalue weighted by Crippen LogP contribution is 2.76. The highest BCUT2D eigenvalue weighted by atomic mass is 16.7. The molecule has 0 amide bonds. The van der Waals surface area contributed by atoms with Gasteiger partial charge >= 0.3 is 5.97 Å². The molecule has 49 heavy (non-hydrogen) atoms. The maximum absolute atomic E-state index is 12.6. The monoisotopic (exact) mass is 694 g/mol. The number of ether oxygens (including phenoxy) is 3. The molecule has 1 aliphatic heterocycles. The van der Waals surface area contributed by atoms with E-state index in [0.29, 0.717) is 31.6 Å². The summed E-state index contributed by atoms with van der Waals surface area (Å²) in [6.07, 6.45) is -4.03. The molecule has 5 aliphatic carbocycles. The van der Waals surface area contributed by atoms with Crippen LogP contribution in [0.5, 0.6) is 0 Å². The van der Waals surface area contributed by atoms with Crippen LogP contribution in [0.1, 0.15) is 93.9 Å². The molecule has 0 bridgehead atoms. The van der Waals surface area contributed by atoms with Crippen molar-refractivity contribution in [2.45, 2.75) is 149 Å². The molecule has 0 radical (unpaired) electrons. The predicted molar refractivity (Wildman–Crippen MR) is 178 cm³/mol. The van der Waals surface area contributed by atoms with Crippen LogP contribution in [0.15, 0.2) is 11.6 Å². The van der Waals surface area contributed by atoms with Crippen molar-refractivity contribution < 1.29 is 54.8 Å². The molecule has 1 saturated heterocycles. The number of allylic oxidation sites excluding steroid dienone is 1. The lowest BCUT2D eigenvalue weighted by Crippen LogP contribution is -2.69. The number of esters is 1. The normalized spacial score (nSPS) is 53.6. The largest absolute Gasteiger partial charge is 0.460 e. The van der Waals surface area contributed by atoms with Gasteiger partial charge in [0.05, 0.1) is 18.8 Å². The number of fused-ring (bicyclic) bond motifs is 7. The number of hydrogen-bond acceptors (Lipinski definition) is 11. The second-order valence-corrected chi connectivity index (χ2v) is 18.4. The van der Waals surface area contributed by atoms with Crippen molar-refractivity contribution in [3.63, 3.8) is 0 Å². The molecule has 17 atom stereocenters. The van der Waals surface area contributed by atoms with E-state index in [1.807, 2.05) is 13.8 Å². The minimum atomic E-state index is -1.62. The summed E-state index contributed by atoms with van der Waals surface area (Å²) in [4.78, 5) is 12.6. The second-order valence-electron chi connectivity index (χ2n) is 18.4. The van der Waals surface area contributed by atoms with Crippen LogP contribution in [-0.2, 0) is 19.0 Å². The van der Waals surface area contributed by atoms with Crippen LogP contribution in [-0.4, -0.2) is 110 Å². The number of aliphatic hydroxyl groups is 7. The first-order valence-electron chi connectivity index (χ1n) is 18.6. The third-order valence-electron chi connectivity index (χ3n) is 15.5. The fourth-order valence-electron chi connectivity index (χ4n) is 13.2. The van der Waals surface area contributed by atoms with E-state index >= 15 is 0 Å². The summed E-state index contributed by atoms with van der Waals surface area (Å²) in [6, 6.07) is 0. The Hall–Kier alpha value is -1.15. The van der Waals surface area contributed by atoms with Gasteiger partial charge in [0.2, 0.25) is 0 Å². The Bertz CT molecular complexity index is 1300. The minimum absolute atomic E-state index is 0.0426. The Morgan fingerprint density at radius 1 is 0.939 bits per heavy atom. The lowest BCUT2D eigenvalue weighted by Gasteiger charge is -2.70. The molecule has 0 aromatic carbocycles. The molecule has 17 unspecified atom stereocenters. The summed E-state index contributed by atoms with van der Waals surface area (Å²) in [6.45, 7) is 16.0. The van der Waals surface area contributed by atoms with Crippen LogP contribution in [0.2, 0.25) is 0 Å². The first-order chi connectivity index (χ1) is 22.7. The van der Waals surface area contributed by atoms with E-state index in [-0.39, 0.29) is 46.5 Å². The van der Waals surface area contributed by atoms with E-state index in [1.54, 1.807) is 0 Å². The van der Waals surface area contributed by atoms with E-state index in [4.69, 9.17) is 14.2 Å². The molecule has 6 rings (SSSR count). The molecule has 280 valence electrons. The van der Waals surface area contributed by atoms with Crippen LogP contribution in [0.25, 0.3) is 0 Å². The maximum atomic E-state index is 12.6. The molecule has 11 nitrogen and oxygen atoms in total. The van der Waals surface area contributed by atoms with Gasteiger partial charge in [0.15, 0.2) is 6.29 Å². The summed E-state index contributed by atoms with van der Waals surface area (Å²) in [5.74, 6) is -0.403. The molecule has 0 aromatic rings. The van der Waals surface area contributed by atoms with Crippen LogP contribution < -0.4 is 0 Å². The zero-order valence-corrected chi connectivity index (χ0v) is 30.6. The summed E-state index contributed by atoms with van der Waals surface area (Å²) in [5, 5.41) is 76.6. The van der Waals surface area contributed by atoms with Crippen molar-refractivity contribution in [2.24, 2.45) is 56.7 Å². The van der Waals surface area contributed by atoms with Gasteiger partial charge in [0.1, 0.15) is 36.6 Å². The summed E-state index contributed by atoms with van der Waals surface area (Å²) in [5.41, 5.74) is -1.22. The molecule has 0 aromatic heterocycles. The smallest absolute Gasteiger partial charge is 0.302 e. The Morgan fingerprint density at radius 2 is 1.61 bits per heavy atom. The zero-order valence-electron chi connectivity index (χ0n) is 30.6. The van der Waals surface area contributed by atoms with Crippen LogP contribution >= 0.6 is 0 Å². The molecular weight excluding hydrogens is 632 g/mol. The summed E-state index contributed by atoms with van der Waals surface area (Å²) in [7, 11) is 0. The van der Waals surface area contributed by atoms with Gasteiger partial charge in [-0.3, -0.25) is 4.79 Å². The number of rotatable bonds is 6. The highest BCUT2D eigenvalue weighted by molar-refractivity contribution is 5.66. The maximum Gasteiger partial charge on any atom is 0.302 e. The molecular formula is C38H62O11. The number of hydrogen-bond donors (Lipinski definition) is 7. The van der Waals surface area contributed by atoms with Gasteiger partial charge in [0.25, 0.3) is 0 Å². The standard InChI is InChI=1S/C38H62O11/c1-18(2)21-13-23(43)31-37(8)10-9-20-27(36(37,7)11-12-38(21,31)17-40)22(42)14-26-34(4,5)32(24(47-19(3)41)15-35(20,26)6)49-33-30(46)29(45)28(44)25(16-39)48-33/h9,18,21-33,39-40,42-46H,10-17H2,1-8H3. The van der Waals surface area contributed by atoms with E-state index in [2.05, 4.69) is 40.7 Å². The van der Waals surface area contributed by atoms with Gasteiger partial charge < -0.3 is 50.0 Å². The molecule has 6 aliphatic rings. The highest BCUT2D eigenvalue weighted by Gasteiger charge is 2.73. The Balaban J connectivity index is 1.39. The lowest BCUT2D eigenvalue weighted by atomic mass is 9.35. The fourth-order valence-corrected chi connectivity index (χ4v) is 13.2. The van der Waals surface area contributed by atoms with Crippen molar-refractivity contribution in [2.75, 3.05) is 13.2 Å². The van der Waals surface area contributed by atoms with Crippen molar-refractivity contribution in [3.05, 3.63) is 11.6 Å². The average molecular weight is 695 g/mol. The van der Waals surface area contributed by atoms with Gasteiger partial charge in [-0.25, -0.2) is 0 Å². The molecule has 7 N–H and O–H groups in total. The average Bonchev–Trinajstić information content (AvgIpc) is 3.34. The van der Waals surface area contributed by atoms with Crippen LogP contribution in [0.3, 0.4) is 0 Å². The molecule has 11 heteroatoms. The van der Waals surface area contributed by atoms with Gasteiger partial charge in [-0.1, -0.05) is 60.1 Å². The summed E-state index contributed by atoms with van der Waals surface area (Å²) >= 11 is 0. The summed E-state index contributed by atoms with van der Waals surface area (Å²) < 4.78 is 18.2. The molecule has 4 saturated carbocycles. The van der Waals surface area contributed by atoms with E-state index < -0.39 is 78.5 Å². The Labute approximate surface area is 291 Å². The lowest BCUT2D eigenvalue weighted by molar-refractivity contribution is -0.337. The van der Waals surface area contributed by atoms with Crippen LogP contribution in [0, 0.1) is 56.7 Å².